The fourth-order valence-corrected chi connectivity index (χ4v) is 1.71. The molecule has 0 aliphatic heterocycles. The van der Waals surface area contributed by atoms with Crippen LogP contribution in [0.1, 0.15) is 43.6 Å². The standard InChI is InChI=1S/C13H21NO2/c1-8-5-9(11(15)7-14)6-10(12(8)16)13(2,3)4/h5-6,11,15-16H,7,14H2,1-4H3/t11-/m0/s1. The molecule has 3 heteroatoms. The molecule has 90 valence electrons. The lowest BCUT2D eigenvalue weighted by Crippen LogP contribution is -2.16. The molecular formula is C13H21NO2. The average Bonchev–Trinajstić information content (AvgIpc) is 2.18. The van der Waals surface area contributed by atoms with Crippen molar-refractivity contribution in [3.8, 4) is 5.75 Å². The molecule has 0 amide bonds. The van der Waals surface area contributed by atoms with Crippen molar-refractivity contribution in [3.63, 3.8) is 0 Å². The Kier molecular flexibility index (Phi) is 3.61. The second kappa shape index (κ2) is 4.44. The lowest BCUT2D eigenvalue weighted by atomic mass is 9.83. The molecule has 3 nitrogen and oxygen atoms in total. The molecule has 0 bridgehead atoms. The van der Waals surface area contributed by atoms with Crippen LogP contribution in [0, 0.1) is 6.92 Å². The molecule has 1 atom stereocenters. The van der Waals surface area contributed by atoms with Crippen LogP contribution in [0.25, 0.3) is 0 Å². The molecule has 1 rings (SSSR count). The molecule has 0 aliphatic carbocycles. The summed E-state index contributed by atoms with van der Waals surface area (Å²) in [6.07, 6.45) is -0.666. The highest BCUT2D eigenvalue weighted by molar-refractivity contribution is 5.46. The molecule has 0 aliphatic rings. The Balaban J connectivity index is 3.33. The third-order valence-electron chi connectivity index (χ3n) is 2.74. The van der Waals surface area contributed by atoms with E-state index in [-0.39, 0.29) is 12.0 Å². The molecule has 16 heavy (non-hydrogen) atoms. The smallest absolute Gasteiger partial charge is 0.122 e. The molecule has 0 spiro atoms. The molecular weight excluding hydrogens is 202 g/mol. The maximum Gasteiger partial charge on any atom is 0.122 e. The van der Waals surface area contributed by atoms with Gasteiger partial charge in [-0.15, -0.1) is 0 Å². The van der Waals surface area contributed by atoms with Gasteiger partial charge in [-0.3, -0.25) is 0 Å². The van der Waals surface area contributed by atoms with E-state index in [1.165, 1.54) is 0 Å². The van der Waals surface area contributed by atoms with Gasteiger partial charge in [0.1, 0.15) is 5.75 Å². The summed E-state index contributed by atoms with van der Waals surface area (Å²) in [6.45, 7) is 8.10. The van der Waals surface area contributed by atoms with Crippen molar-refractivity contribution in [2.75, 3.05) is 6.54 Å². The predicted octanol–water partition coefficient (Wildman–Crippen LogP) is 1.99. The first kappa shape index (κ1) is 13.0. The van der Waals surface area contributed by atoms with Gasteiger partial charge in [-0.1, -0.05) is 20.8 Å². The number of rotatable bonds is 2. The number of phenols is 1. The number of phenolic OH excluding ortho intramolecular Hbond substituents is 1. The summed E-state index contributed by atoms with van der Waals surface area (Å²) in [5, 5.41) is 19.7. The number of nitrogens with two attached hydrogens (primary N) is 1. The third kappa shape index (κ3) is 2.54. The quantitative estimate of drug-likeness (QED) is 0.718. The summed E-state index contributed by atoms with van der Waals surface area (Å²) in [4.78, 5) is 0. The molecule has 0 saturated carbocycles. The van der Waals surface area contributed by atoms with Gasteiger partial charge in [-0.05, 0) is 41.2 Å². The summed E-state index contributed by atoms with van der Waals surface area (Å²) < 4.78 is 0. The van der Waals surface area contributed by atoms with Crippen LogP contribution in [0.3, 0.4) is 0 Å². The molecule has 0 unspecified atom stereocenters. The van der Waals surface area contributed by atoms with E-state index in [1.807, 2.05) is 33.8 Å². The zero-order valence-electron chi connectivity index (χ0n) is 10.4. The van der Waals surface area contributed by atoms with Gasteiger partial charge >= 0.3 is 0 Å². The number of aromatic hydroxyl groups is 1. The van der Waals surface area contributed by atoms with Gasteiger partial charge in [0.05, 0.1) is 6.10 Å². The Morgan fingerprint density at radius 1 is 1.31 bits per heavy atom. The van der Waals surface area contributed by atoms with Gasteiger partial charge < -0.3 is 15.9 Å². The third-order valence-corrected chi connectivity index (χ3v) is 2.74. The summed E-state index contributed by atoms with van der Waals surface area (Å²) in [6, 6.07) is 3.61. The Labute approximate surface area is 96.9 Å². The van der Waals surface area contributed by atoms with Gasteiger partial charge in [0.2, 0.25) is 0 Å². The van der Waals surface area contributed by atoms with Crippen molar-refractivity contribution in [3.05, 3.63) is 28.8 Å². The molecule has 0 aromatic heterocycles. The van der Waals surface area contributed by atoms with Gasteiger partial charge in [-0.25, -0.2) is 0 Å². The lowest BCUT2D eigenvalue weighted by molar-refractivity contribution is 0.186. The first-order valence-corrected chi connectivity index (χ1v) is 5.49. The van der Waals surface area contributed by atoms with E-state index < -0.39 is 6.10 Å². The van der Waals surface area contributed by atoms with Crippen molar-refractivity contribution in [1.82, 2.24) is 0 Å². The van der Waals surface area contributed by atoms with Crippen LogP contribution in [-0.4, -0.2) is 16.8 Å². The van der Waals surface area contributed by atoms with E-state index in [1.54, 1.807) is 6.07 Å². The Bertz CT molecular complexity index is 380. The minimum atomic E-state index is -0.666. The Hall–Kier alpha value is -1.06. The van der Waals surface area contributed by atoms with E-state index in [9.17, 15) is 10.2 Å². The van der Waals surface area contributed by atoms with Crippen LogP contribution in [0.15, 0.2) is 12.1 Å². The number of aryl methyl sites for hydroxylation is 1. The van der Waals surface area contributed by atoms with Crippen LogP contribution in [0.2, 0.25) is 0 Å². The van der Waals surface area contributed by atoms with Crippen LogP contribution in [0.4, 0.5) is 0 Å². The molecule has 1 aromatic carbocycles. The molecule has 1 aromatic rings. The number of aliphatic hydroxyl groups is 1. The zero-order chi connectivity index (χ0) is 12.5. The summed E-state index contributed by atoms with van der Waals surface area (Å²) in [5.41, 5.74) is 7.67. The van der Waals surface area contributed by atoms with Crippen molar-refractivity contribution in [1.29, 1.82) is 0 Å². The van der Waals surface area contributed by atoms with E-state index in [4.69, 9.17) is 5.73 Å². The summed E-state index contributed by atoms with van der Waals surface area (Å²) in [7, 11) is 0. The fraction of sp³-hybridized carbons (Fsp3) is 0.538. The lowest BCUT2D eigenvalue weighted by Gasteiger charge is -2.23. The SMILES string of the molecule is Cc1cc([C@@H](O)CN)cc(C(C)(C)C)c1O. The molecule has 0 saturated heterocycles. The molecule has 4 N–H and O–H groups in total. The largest absolute Gasteiger partial charge is 0.507 e. The first-order valence-electron chi connectivity index (χ1n) is 5.49. The van der Waals surface area contributed by atoms with E-state index in [0.29, 0.717) is 5.75 Å². The van der Waals surface area contributed by atoms with E-state index >= 15 is 0 Å². The maximum atomic E-state index is 10.00. The Morgan fingerprint density at radius 3 is 2.31 bits per heavy atom. The van der Waals surface area contributed by atoms with Gasteiger partial charge in [0, 0.05) is 6.54 Å². The minimum absolute atomic E-state index is 0.154. The predicted molar refractivity (Wildman–Crippen MR) is 65.6 cm³/mol. The van der Waals surface area contributed by atoms with Crippen LogP contribution < -0.4 is 5.73 Å². The fourth-order valence-electron chi connectivity index (χ4n) is 1.71. The highest BCUT2D eigenvalue weighted by atomic mass is 16.3. The number of benzene rings is 1. The normalized spacial score (nSPS) is 13.9. The number of hydrogen-bond acceptors (Lipinski definition) is 3. The topological polar surface area (TPSA) is 66.5 Å². The van der Waals surface area contributed by atoms with E-state index in [2.05, 4.69) is 0 Å². The molecule has 0 fully saturated rings. The average molecular weight is 223 g/mol. The highest BCUT2D eigenvalue weighted by Crippen LogP contribution is 2.35. The number of hydrogen-bond donors (Lipinski definition) is 3. The van der Waals surface area contributed by atoms with Gasteiger partial charge in [0.25, 0.3) is 0 Å². The molecule has 0 radical (unpaired) electrons. The zero-order valence-corrected chi connectivity index (χ0v) is 10.4. The first-order chi connectivity index (χ1) is 7.27. The maximum absolute atomic E-state index is 10.00. The number of aliphatic hydroxyl groups excluding tert-OH is 1. The minimum Gasteiger partial charge on any atom is -0.507 e. The van der Waals surface area contributed by atoms with Crippen LogP contribution >= 0.6 is 0 Å². The van der Waals surface area contributed by atoms with Crippen molar-refractivity contribution in [2.45, 2.75) is 39.2 Å². The highest BCUT2D eigenvalue weighted by Gasteiger charge is 2.21. The van der Waals surface area contributed by atoms with Crippen LogP contribution in [0.5, 0.6) is 5.75 Å². The Morgan fingerprint density at radius 2 is 1.88 bits per heavy atom. The second-order valence-electron chi connectivity index (χ2n) is 5.24. The summed E-state index contributed by atoms with van der Waals surface area (Å²) in [5.74, 6) is 0.306. The van der Waals surface area contributed by atoms with Crippen molar-refractivity contribution in [2.24, 2.45) is 5.73 Å². The van der Waals surface area contributed by atoms with Crippen LogP contribution in [-0.2, 0) is 5.41 Å². The van der Waals surface area contributed by atoms with Crippen molar-refractivity contribution >= 4 is 0 Å². The van der Waals surface area contributed by atoms with Gasteiger partial charge in [0.15, 0.2) is 0 Å². The van der Waals surface area contributed by atoms with E-state index in [0.717, 1.165) is 16.7 Å². The van der Waals surface area contributed by atoms with Crippen molar-refractivity contribution < 1.29 is 10.2 Å². The second-order valence-corrected chi connectivity index (χ2v) is 5.24. The monoisotopic (exact) mass is 223 g/mol. The van der Waals surface area contributed by atoms with Gasteiger partial charge in [-0.2, -0.15) is 0 Å². The molecule has 0 heterocycles. The summed E-state index contributed by atoms with van der Waals surface area (Å²) >= 11 is 0.